The zero-order valence-electron chi connectivity index (χ0n) is 14.7. The van der Waals surface area contributed by atoms with E-state index >= 15 is 0 Å². The van der Waals surface area contributed by atoms with Crippen LogP contribution >= 0.6 is 0 Å². The van der Waals surface area contributed by atoms with Crippen LogP contribution in [0, 0.1) is 62.1 Å². The van der Waals surface area contributed by atoms with Crippen molar-refractivity contribution in [3.63, 3.8) is 0 Å². The molecular formula is C18H24N4O2. The minimum Gasteiger partial charge on any atom is -0.448 e. The van der Waals surface area contributed by atoms with E-state index in [-0.39, 0.29) is 11.8 Å². The van der Waals surface area contributed by atoms with Gasteiger partial charge in [-0.15, -0.1) is 0 Å². The van der Waals surface area contributed by atoms with Crippen LogP contribution in [0.5, 0.6) is 0 Å². The fourth-order valence-electron chi connectivity index (χ4n) is 4.51. The van der Waals surface area contributed by atoms with Gasteiger partial charge in [-0.25, -0.2) is 0 Å². The number of hydrogen-bond acceptors (Lipinski definition) is 6. The summed E-state index contributed by atoms with van der Waals surface area (Å²) in [5.74, 6) is -2.03. The second kappa shape index (κ2) is 6.08. The lowest BCUT2D eigenvalue weighted by molar-refractivity contribution is -0.282. The van der Waals surface area contributed by atoms with E-state index in [9.17, 15) is 15.8 Å². The molecule has 128 valence electrons. The standard InChI is InChI=1S/C18H24N4O2/c1-5-8-13-16(4)23-14(12(6-2)7-3)17(9-19,10-20)18(13,11-21)15(22)24-16/h12-14,22H,5-8H2,1-4H3. The van der Waals surface area contributed by atoms with Gasteiger partial charge in [0.2, 0.25) is 11.7 Å². The van der Waals surface area contributed by atoms with Crippen molar-refractivity contribution in [3.05, 3.63) is 0 Å². The van der Waals surface area contributed by atoms with E-state index < -0.39 is 28.6 Å². The van der Waals surface area contributed by atoms with Crippen molar-refractivity contribution in [1.29, 1.82) is 21.2 Å². The Morgan fingerprint density at radius 3 is 2.12 bits per heavy atom. The van der Waals surface area contributed by atoms with Crippen molar-refractivity contribution in [3.8, 4) is 18.2 Å². The summed E-state index contributed by atoms with van der Waals surface area (Å²) in [6.07, 6.45) is 1.97. The largest absolute Gasteiger partial charge is 0.448 e. The normalized spacial score (nSPS) is 36.5. The molecule has 2 saturated heterocycles. The van der Waals surface area contributed by atoms with E-state index in [0.29, 0.717) is 6.42 Å². The van der Waals surface area contributed by atoms with Crippen LogP contribution in [-0.4, -0.2) is 17.8 Å². The molecule has 0 aromatic carbocycles. The molecule has 6 nitrogen and oxygen atoms in total. The summed E-state index contributed by atoms with van der Waals surface area (Å²) in [5, 5.41) is 38.4. The zero-order valence-corrected chi connectivity index (χ0v) is 14.7. The monoisotopic (exact) mass is 328 g/mol. The Labute approximate surface area is 143 Å². The van der Waals surface area contributed by atoms with E-state index in [1.807, 2.05) is 20.8 Å². The zero-order chi connectivity index (χ0) is 18.2. The van der Waals surface area contributed by atoms with Crippen molar-refractivity contribution in [2.75, 3.05) is 0 Å². The van der Waals surface area contributed by atoms with Crippen LogP contribution in [0.3, 0.4) is 0 Å². The average molecular weight is 328 g/mol. The molecule has 4 atom stereocenters. The van der Waals surface area contributed by atoms with Gasteiger partial charge in [0.05, 0.1) is 30.2 Å². The molecule has 2 bridgehead atoms. The van der Waals surface area contributed by atoms with Gasteiger partial charge in [0.15, 0.2) is 10.8 Å². The summed E-state index contributed by atoms with van der Waals surface area (Å²) in [6, 6.07) is 6.35. The number of rotatable bonds is 5. The number of hydrogen-bond donors (Lipinski definition) is 1. The highest BCUT2D eigenvalue weighted by Crippen LogP contribution is 2.64. The Morgan fingerprint density at radius 1 is 1.12 bits per heavy atom. The quantitative estimate of drug-likeness (QED) is 0.829. The smallest absolute Gasteiger partial charge is 0.214 e. The van der Waals surface area contributed by atoms with Crippen LogP contribution in [-0.2, 0) is 9.47 Å². The predicted octanol–water partition coefficient (Wildman–Crippen LogP) is 3.50. The van der Waals surface area contributed by atoms with Crippen molar-refractivity contribution >= 4 is 5.90 Å². The molecule has 2 aliphatic rings. The Bertz CT molecular complexity index is 637. The highest BCUT2D eigenvalue weighted by Gasteiger charge is 2.79. The predicted molar refractivity (Wildman–Crippen MR) is 86.3 cm³/mol. The maximum Gasteiger partial charge on any atom is 0.214 e. The third kappa shape index (κ3) is 1.92. The molecule has 1 N–H and O–H groups in total. The van der Waals surface area contributed by atoms with Gasteiger partial charge in [0.25, 0.3) is 0 Å². The number of fused-ring (bicyclic) bond motifs is 2. The highest BCUT2D eigenvalue weighted by atomic mass is 16.7. The summed E-state index contributed by atoms with van der Waals surface area (Å²) in [7, 11) is 0. The molecule has 0 amide bonds. The number of ether oxygens (including phenoxy) is 2. The van der Waals surface area contributed by atoms with Gasteiger partial charge in [0.1, 0.15) is 0 Å². The summed E-state index contributed by atoms with van der Waals surface area (Å²) >= 11 is 0. The minimum atomic E-state index is -1.74. The maximum atomic E-state index is 10.1. The minimum absolute atomic E-state index is 0.0616. The van der Waals surface area contributed by atoms with Crippen LogP contribution in [0.15, 0.2) is 0 Å². The molecule has 24 heavy (non-hydrogen) atoms. The Hall–Kier alpha value is -2.10. The van der Waals surface area contributed by atoms with Crippen LogP contribution < -0.4 is 0 Å². The van der Waals surface area contributed by atoms with E-state index in [2.05, 4.69) is 18.2 Å². The van der Waals surface area contributed by atoms with Crippen LogP contribution in [0.4, 0.5) is 0 Å². The van der Waals surface area contributed by atoms with Gasteiger partial charge in [-0.3, -0.25) is 5.41 Å². The third-order valence-corrected chi connectivity index (χ3v) is 5.81. The van der Waals surface area contributed by atoms with Crippen LogP contribution in [0.25, 0.3) is 0 Å². The molecule has 2 aliphatic heterocycles. The third-order valence-electron chi connectivity index (χ3n) is 5.81. The first kappa shape index (κ1) is 18.2. The molecule has 4 unspecified atom stereocenters. The number of nitriles is 3. The summed E-state index contributed by atoms with van der Waals surface area (Å²) in [4.78, 5) is 0. The van der Waals surface area contributed by atoms with Crippen molar-refractivity contribution in [2.24, 2.45) is 22.7 Å². The molecule has 0 aliphatic carbocycles. The molecule has 0 aromatic rings. The van der Waals surface area contributed by atoms with E-state index in [4.69, 9.17) is 14.9 Å². The van der Waals surface area contributed by atoms with Crippen molar-refractivity contribution in [2.45, 2.75) is 65.3 Å². The fourth-order valence-corrected chi connectivity index (χ4v) is 4.51. The van der Waals surface area contributed by atoms with Crippen LogP contribution in [0.2, 0.25) is 0 Å². The average Bonchev–Trinajstić information content (AvgIpc) is 2.74. The molecule has 0 saturated carbocycles. The lowest BCUT2D eigenvalue weighted by Crippen LogP contribution is -2.63. The Balaban J connectivity index is 2.78. The SMILES string of the molecule is CCCC1C2(C)OC(=N)C1(C#N)C(C#N)(C#N)C(C(CC)CC)O2. The van der Waals surface area contributed by atoms with E-state index in [1.54, 1.807) is 6.92 Å². The summed E-state index contributed by atoms with van der Waals surface area (Å²) in [6.45, 7) is 7.65. The first-order chi connectivity index (χ1) is 11.4. The molecular weight excluding hydrogens is 304 g/mol. The lowest BCUT2D eigenvalue weighted by Gasteiger charge is -2.50. The fraction of sp³-hybridized carbons (Fsp3) is 0.778. The van der Waals surface area contributed by atoms with Crippen molar-refractivity contribution in [1.82, 2.24) is 0 Å². The molecule has 2 heterocycles. The molecule has 0 spiro atoms. The first-order valence-corrected chi connectivity index (χ1v) is 8.56. The number of nitrogens with zero attached hydrogens (tertiary/aromatic N) is 3. The van der Waals surface area contributed by atoms with Crippen LogP contribution in [0.1, 0.15) is 53.4 Å². The molecule has 2 fully saturated rings. The summed E-state index contributed by atoms with van der Waals surface area (Å²) in [5.41, 5.74) is -3.34. The topological polar surface area (TPSA) is 114 Å². The first-order valence-electron chi connectivity index (χ1n) is 8.56. The molecule has 0 radical (unpaired) electrons. The molecule has 0 aromatic heterocycles. The van der Waals surface area contributed by atoms with Crippen molar-refractivity contribution < 1.29 is 9.47 Å². The van der Waals surface area contributed by atoms with Gasteiger partial charge in [-0.1, -0.05) is 40.0 Å². The highest BCUT2D eigenvalue weighted by molar-refractivity contribution is 5.89. The van der Waals surface area contributed by atoms with Gasteiger partial charge >= 0.3 is 0 Å². The lowest BCUT2D eigenvalue weighted by atomic mass is 9.52. The second-order valence-electron chi connectivity index (χ2n) is 6.85. The van der Waals surface area contributed by atoms with Gasteiger partial charge in [0, 0.05) is 6.92 Å². The molecule has 6 heteroatoms. The maximum absolute atomic E-state index is 10.1. The van der Waals surface area contributed by atoms with Gasteiger partial charge in [-0.05, 0) is 12.3 Å². The van der Waals surface area contributed by atoms with E-state index in [1.165, 1.54) is 0 Å². The Morgan fingerprint density at radius 2 is 1.71 bits per heavy atom. The van der Waals surface area contributed by atoms with E-state index in [0.717, 1.165) is 19.3 Å². The van der Waals surface area contributed by atoms with Gasteiger partial charge in [-0.2, -0.15) is 15.8 Å². The Kier molecular flexibility index (Phi) is 4.62. The summed E-state index contributed by atoms with van der Waals surface area (Å²) < 4.78 is 11.9. The van der Waals surface area contributed by atoms with Gasteiger partial charge < -0.3 is 9.47 Å². The second-order valence-corrected chi connectivity index (χ2v) is 6.85. The molecule has 2 rings (SSSR count). The number of nitrogens with one attached hydrogen (secondary N) is 1.